The molecule has 1 saturated carbocycles. The molecule has 0 unspecified atom stereocenters. The van der Waals surface area contributed by atoms with Gasteiger partial charge in [0.1, 0.15) is 0 Å². The molecule has 7 heteroatoms. The SMILES string of the molecule is CC[C@@H](N)C1(c2ccc(F)c(F)c2)CCC(Oc2c(F)cc3c(=O)[nH]ccc3c2C)CC1. The van der Waals surface area contributed by atoms with Crippen LogP contribution in [0.5, 0.6) is 5.75 Å². The van der Waals surface area contributed by atoms with Crippen LogP contribution in [-0.4, -0.2) is 17.1 Å². The van der Waals surface area contributed by atoms with Gasteiger partial charge in [-0.1, -0.05) is 13.0 Å². The maximum atomic E-state index is 14.8. The van der Waals surface area contributed by atoms with Crippen molar-refractivity contribution in [2.24, 2.45) is 5.73 Å². The van der Waals surface area contributed by atoms with Crippen molar-refractivity contribution in [1.82, 2.24) is 4.98 Å². The second kappa shape index (κ2) is 8.62. The van der Waals surface area contributed by atoms with Crippen LogP contribution in [-0.2, 0) is 5.41 Å². The quantitative estimate of drug-likeness (QED) is 0.565. The fourth-order valence-corrected chi connectivity index (χ4v) is 5.06. The van der Waals surface area contributed by atoms with Gasteiger partial charge in [0.15, 0.2) is 23.2 Å². The molecular weight excluding hydrogens is 417 g/mol. The first-order valence-corrected chi connectivity index (χ1v) is 10.9. The zero-order valence-corrected chi connectivity index (χ0v) is 18.2. The molecule has 0 radical (unpaired) electrons. The summed E-state index contributed by atoms with van der Waals surface area (Å²) < 4.78 is 48.4. The summed E-state index contributed by atoms with van der Waals surface area (Å²) in [5.41, 5.74) is 6.90. The van der Waals surface area contributed by atoms with Crippen molar-refractivity contribution in [2.45, 2.75) is 63.5 Å². The Morgan fingerprint density at radius 1 is 1.09 bits per heavy atom. The van der Waals surface area contributed by atoms with Crippen molar-refractivity contribution in [3.8, 4) is 5.75 Å². The van der Waals surface area contributed by atoms with Crippen LogP contribution in [0.1, 0.15) is 50.2 Å². The normalized spacial score (nSPS) is 22.1. The fraction of sp³-hybridized carbons (Fsp3) is 0.400. The number of H-pyrrole nitrogens is 1. The van der Waals surface area contributed by atoms with E-state index in [1.54, 1.807) is 19.1 Å². The Morgan fingerprint density at radius 2 is 1.81 bits per heavy atom. The topological polar surface area (TPSA) is 68.1 Å². The van der Waals surface area contributed by atoms with Gasteiger partial charge in [0, 0.05) is 23.2 Å². The molecule has 4 rings (SSSR count). The van der Waals surface area contributed by atoms with Gasteiger partial charge in [0.2, 0.25) is 0 Å². The first-order valence-electron chi connectivity index (χ1n) is 10.9. The molecule has 4 nitrogen and oxygen atoms in total. The Hall–Kier alpha value is -2.80. The van der Waals surface area contributed by atoms with Gasteiger partial charge >= 0.3 is 0 Å². The van der Waals surface area contributed by atoms with Gasteiger partial charge in [0.25, 0.3) is 5.56 Å². The van der Waals surface area contributed by atoms with E-state index in [1.165, 1.54) is 18.3 Å². The highest BCUT2D eigenvalue weighted by Gasteiger charge is 2.42. The third-order valence-electron chi connectivity index (χ3n) is 6.99. The molecule has 1 atom stereocenters. The highest BCUT2D eigenvalue weighted by Crippen LogP contribution is 2.44. The predicted molar refractivity (Wildman–Crippen MR) is 118 cm³/mol. The highest BCUT2D eigenvalue weighted by molar-refractivity contribution is 5.86. The minimum atomic E-state index is -0.882. The molecule has 0 aliphatic heterocycles. The van der Waals surface area contributed by atoms with E-state index in [2.05, 4.69) is 4.98 Å². The number of aryl methyl sites for hydroxylation is 1. The van der Waals surface area contributed by atoms with E-state index in [9.17, 15) is 18.0 Å². The summed E-state index contributed by atoms with van der Waals surface area (Å²) in [7, 11) is 0. The molecule has 1 fully saturated rings. The molecule has 0 spiro atoms. The largest absolute Gasteiger partial charge is 0.487 e. The van der Waals surface area contributed by atoms with Crippen molar-refractivity contribution in [1.29, 1.82) is 0 Å². The summed E-state index contributed by atoms with van der Waals surface area (Å²) in [4.78, 5) is 14.6. The smallest absolute Gasteiger partial charge is 0.255 e. The number of aromatic amines is 1. The molecule has 3 N–H and O–H groups in total. The molecule has 0 bridgehead atoms. The van der Waals surface area contributed by atoms with Gasteiger partial charge in [-0.2, -0.15) is 0 Å². The number of hydrogen-bond donors (Lipinski definition) is 2. The number of halogens is 3. The Bertz CT molecular complexity index is 1200. The van der Waals surface area contributed by atoms with Crippen molar-refractivity contribution < 1.29 is 17.9 Å². The maximum absolute atomic E-state index is 14.8. The van der Waals surface area contributed by atoms with Crippen LogP contribution < -0.4 is 16.0 Å². The zero-order chi connectivity index (χ0) is 23.0. The van der Waals surface area contributed by atoms with E-state index in [-0.39, 0.29) is 28.8 Å². The highest BCUT2D eigenvalue weighted by atomic mass is 19.2. The average Bonchev–Trinajstić information content (AvgIpc) is 2.79. The van der Waals surface area contributed by atoms with Crippen molar-refractivity contribution in [3.63, 3.8) is 0 Å². The third kappa shape index (κ3) is 3.79. The minimum Gasteiger partial charge on any atom is -0.487 e. The zero-order valence-electron chi connectivity index (χ0n) is 18.2. The van der Waals surface area contributed by atoms with Crippen molar-refractivity contribution in [3.05, 3.63) is 75.5 Å². The Kier molecular flexibility index (Phi) is 6.03. The molecule has 1 aliphatic rings. The van der Waals surface area contributed by atoms with E-state index in [0.717, 1.165) is 6.07 Å². The lowest BCUT2D eigenvalue weighted by Crippen LogP contribution is -2.49. The number of benzene rings is 2. The Labute approximate surface area is 184 Å². The van der Waals surface area contributed by atoms with E-state index in [0.29, 0.717) is 48.6 Å². The molecular formula is C25H27F3N2O2. The lowest BCUT2D eigenvalue weighted by Gasteiger charge is -2.44. The lowest BCUT2D eigenvalue weighted by atomic mass is 9.64. The van der Waals surface area contributed by atoms with Gasteiger partial charge in [-0.05, 0) is 74.2 Å². The molecule has 1 aliphatic carbocycles. The van der Waals surface area contributed by atoms with Crippen LogP contribution in [0.2, 0.25) is 0 Å². The number of aromatic nitrogens is 1. The second-order valence-corrected chi connectivity index (χ2v) is 8.70. The van der Waals surface area contributed by atoms with E-state index in [1.807, 2.05) is 6.92 Å². The van der Waals surface area contributed by atoms with Crippen molar-refractivity contribution in [2.75, 3.05) is 0 Å². The molecule has 1 heterocycles. The molecule has 3 aromatic rings. The number of nitrogens with one attached hydrogen (secondary N) is 1. The monoisotopic (exact) mass is 444 g/mol. The number of rotatable bonds is 5. The molecule has 170 valence electrons. The number of pyridine rings is 1. The van der Waals surface area contributed by atoms with Crippen LogP contribution in [0, 0.1) is 24.4 Å². The fourth-order valence-electron chi connectivity index (χ4n) is 5.06. The summed E-state index contributed by atoms with van der Waals surface area (Å²) in [5.74, 6) is -2.19. The van der Waals surface area contributed by atoms with Gasteiger partial charge in [-0.25, -0.2) is 13.2 Å². The molecule has 32 heavy (non-hydrogen) atoms. The van der Waals surface area contributed by atoms with Crippen LogP contribution in [0.15, 0.2) is 41.3 Å². The maximum Gasteiger partial charge on any atom is 0.255 e. The first-order chi connectivity index (χ1) is 15.3. The molecule has 1 aromatic heterocycles. The average molecular weight is 444 g/mol. The van der Waals surface area contributed by atoms with Crippen LogP contribution in [0.3, 0.4) is 0 Å². The van der Waals surface area contributed by atoms with Crippen LogP contribution in [0.4, 0.5) is 13.2 Å². The summed E-state index contributed by atoms with van der Waals surface area (Å²) in [6, 6.07) is 6.72. The lowest BCUT2D eigenvalue weighted by molar-refractivity contribution is 0.0992. The number of hydrogen-bond acceptors (Lipinski definition) is 3. The Morgan fingerprint density at radius 3 is 2.47 bits per heavy atom. The van der Waals surface area contributed by atoms with E-state index < -0.39 is 22.9 Å². The van der Waals surface area contributed by atoms with Gasteiger partial charge in [-0.15, -0.1) is 0 Å². The number of fused-ring (bicyclic) bond motifs is 1. The number of ether oxygens (including phenoxy) is 1. The Balaban J connectivity index is 1.60. The summed E-state index contributed by atoms with van der Waals surface area (Å²) >= 11 is 0. The number of nitrogens with two attached hydrogens (primary N) is 1. The molecule has 2 aromatic carbocycles. The minimum absolute atomic E-state index is 0.146. The van der Waals surface area contributed by atoms with Crippen molar-refractivity contribution >= 4 is 10.8 Å². The van der Waals surface area contributed by atoms with Gasteiger partial charge < -0.3 is 15.5 Å². The molecule has 0 saturated heterocycles. The van der Waals surface area contributed by atoms with E-state index in [4.69, 9.17) is 10.5 Å². The first kappa shape index (κ1) is 22.4. The second-order valence-electron chi connectivity index (χ2n) is 8.70. The van der Waals surface area contributed by atoms with Gasteiger partial charge in [-0.3, -0.25) is 4.79 Å². The summed E-state index contributed by atoms with van der Waals surface area (Å²) in [6.45, 7) is 3.71. The van der Waals surface area contributed by atoms with Crippen LogP contribution >= 0.6 is 0 Å². The van der Waals surface area contributed by atoms with Crippen LogP contribution in [0.25, 0.3) is 10.8 Å². The molecule has 0 amide bonds. The van der Waals surface area contributed by atoms with Gasteiger partial charge in [0.05, 0.1) is 11.5 Å². The third-order valence-corrected chi connectivity index (χ3v) is 6.99. The standard InChI is InChI=1S/C25H27F3N2O2/c1-3-22(29)25(15-4-5-19(26)20(27)12-15)9-6-16(7-10-25)32-23-14(2)17-8-11-30-24(31)18(17)13-21(23)28/h4-5,8,11-13,16,22H,3,6-7,9-10,29H2,1-2H3,(H,30,31)/t16?,22-,25?/m1/s1. The summed E-state index contributed by atoms with van der Waals surface area (Å²) in [5, 5.41) is 0.926. The summed E-state index contributed by atoms with van der Waals surface area (Å²) in [6.07, 6.45) is 4.40. The van der Waals surface area contributed by atoms with E-state index >= 15 is 0 Å². The predicted octanol–water partition coefficient (Wildman–Crippen LogP) is 5.25.